The molecule has 0 fully saturated rings. The molecule has 0 amide bonds. The monoisotopic (exact) mass is 406 g/mol. The van der Waals surface area contributed by atoms with Crippen molar-refractivity contribution >= 4 is 34.7 Å². The number of nitro groups is 2. The van der Waals surface area contributed by atoms with Crippen molar-refractivity contribution in [1.82, 2.24) is 0 Å². The molecule has 0 unspecified atom stereocenters. The van der Waals surface area contributed by atoms with Crippen molar-refractivity contribution in [2.45, 2.75) is 0 Å². The number of benzene rings is 3. The Morgan fingerprint density at radius 2 is 1.63 bits per heavy atom. The van der Waals surface area contributed by atoms with Gasteiger partial charge in [-0.15, -0.1) is 0 Å². The molecule has 10 nitrogen and oxygen atoms in total. The molecule has 0 atom stereocenters. The molecule has 0 bridgehead atoms. The Morgan fingerprint density at radius 1 is 0.900 bits per heavy atom. The Morgan fingerprint density at radius 3 is 2.37 bits per heavy atom. The Labute approximate surface area is 169 Å². The smallest absolute Gasteiger partial charge is 0.301 e. The number of nitro benzene ring substituents is 2. The molecular formula is C20H14N4O6. The number of anilines is 2. The summed E-state index contributed by atoms with van der Waals surface area (Å²) in [6.45, 7) is 0.123. The first-order valence-electron chi connectivity index (χ1n) is 8.74. The lowest BCUT2D eigenvalue weighted by molar-refractivity contribution is -0.393. The SMILES string of the molecule is O=[N+]([O-])c1cc([N+](=O)[O-])c(Nc2ccccc2)cc1N=Cc1ccc2c(c1)OCO2. The quantitative estimate of drug-likeness (QED) is 0.356. The van der Waals surface area contributed by atoms with Gasteiger partial charge in [0.05, 0.1) is 15.9 Å². The molecule has 4 rings (SSSR count). The van der Waals surface area contributed by atoms with Gasteiger partial charge in [0.2, 0.25) is 6.79 Å². The zero-order chi connectivity index (χ0) is 21.1. The van der Waals surface area contributed by atoms with Gasteiger partial charge in [-0.05, 0) is 35.9 Å². The van der Waals surface area contributed by atoms with Crippen molar-refractivity contribution in [1.29, 1.82) is 0 Å². The summed E-state index contributed by atoms with van der Waals surface area (Å²) < 4.78 is 10.6. The number of aliphatic imine (C=N–C) groups is 1. The number of para-hydroxylation sites is 1. The molecule has 10 heteroatoms. The van der Waals surface area contributed by atoms with Gasteiger partial charge in [-0.2, -0.15) is 0 Å². The fourth-order valence-corrected chi connectivity index (χ4v) is 2.88. The van der Waals surface area contributed by atoms with Crippen molar-refractivity contribution in [3.63, 3.8) is 0 Å². The van der Waals surface area contributed by atoms with Crippen molar-refractivity contribution in [2.75, 3.05) is 12.1 Å². The zero-order valence-corrected chi connectivity index (χ0v) is 15.3. The summed E-state index contributed by atoms with van der Waals surface area (Å²) in [5, 5.41) is 25.9. The molecule has 1 aliphatic rings. The van der Waals surface area contributed by atoms with Crippen LogP contribution in [0.5, 0.6) is 11.5 Å². The second kappa shape index (κ2) is 7.87. The van der Waals surface area contributed by atoms with Crippen LogP contribution in [-0.2, 0) is 0 Å². The number of hydrogen-bond donors (Lipinski definition) is 1. The molecule has 0 spiro atoms. The van der Waals surface area contributed by atoms with Crippen molar-refractivity contribution in [3.8, 4) is 11.5 Å². The standard InChI is InChI=1S/C20H14N4O6/c25-23(26)17-10-18(24(27)28)16(22-14-4-2-1-3-5-14)9-15(17)21-11-13-6-7-19-20(8-13)30-12-29-19/h1-11,22H,12H2. The molecule has 30 heavy (non-hydrogen) atoms. The van der Waals surface area contributed by atoms with E-state index in [-0.39, 0.29) is 18.2 Å². The van der Waals surface area contributed by atoms with E-state index in [1.54, 1.807) is 48.5 Å². The first-order chi connectivity index (χ1) is 14.5. The highest BCUT2D eigenvalue weighted by Gasteiger charge is 2.24. The number of nitrogens with one attached hydrogen (secondary N) is 1. The molecule has 0 aliphatic carbocycles. The summed E-state index contributed by atoms with van der Waals surface area (Å²) in [4.78, 5) is 25.8. The van der Waals surface area contributed by atoms with Crippen LogP contribution in [0.15, 0.2) is 65.7 Å². The molecule has 150 valence electrons. The van der Waals surface area contributed by atoms with E-state index in [0.29, 0.717) is 22.7 Å². The number of ether oxygens (including phenoxy) is 2. The van der Waals surface area contributed by atoms with Crippen molar-refractivity contribution < 1.29 is 19.3 Å². The van der Waals surface area contributed by atoms with Gasteiger partial charge in [-0.1, -0.05) is 18.2 Å². The second-order valence-corrected chi connectivity index (χ2v) is 6.23. The summed E-state index contributed by atoms with van der Waals surface area (Å²) in [5.74, 6) is 1.14. The minimum absolute atomic E-state index is 0.0262. The number of rotatable bonds is 6. The van der Waals surface area contributed by atoms with Crippen LogP contribution in [0.3, 0.4) is 0 Å². The lowest BCUT2D eigenvalue weighted by Crippen LogP contribution is -1.99. The largest absolute Gasteiger partial charge is 0.454 e. The van der Waals surface area contributed by atoms with Crippen molar-refractivity contribution in [3.05, 3.63) is 86.5 Å². The second-order valence-electron chi connectivity index (χ2n) is 6.23. The molecule has 0 saturated heterocycles. The minimum atomic E-state index is -0.703. The van der Waals surface area contributed by atoms with Gasteiger partial charge in [0.1, 0.15) is 11.4 Å². The van der Waals surface area contributed by atoms with Gasteiger partial charge < -0.3 is 14.8 Å². The van der Waals surface area contributed by atoms with Crippen LogP contribution >= 0.6 is 0 Å². The molecule has 0 aromatic heterocycles. The molecular weight excluding hydrogens is 392 g/mol. The Kier molecular flexibility index (Phi) is 4.95. The summed E-state index contributed by atoms with van der Waals surface area (Å²) in [6, 6.07) is 16.1. The maximum atomic E-state index is 11.5. The average molecular weight is 406 g/mol. The van der Waals surface area contributed by atoms with Crippen LogP contribution in [0.4, 0.5) is 28.4 Å². The highest BCUT2D eigenvalue weighted by Crippen LogP contribution is 2.39. The first-order valence-corrected chi connectivity index (χ1v) is 8.74. The average Bonchev–Trinajstić information content (AvgIpc) is 3.20. The van der Waals surface area contributed by atoms with Crippen LogP contribution in [0, 0.1) is 20.2 Å². The molecule has 1 N–H and O–H groups in total. The number of hydrogen-bond acceptors (Lipinski definition) is 8. The minimum Gasteiger partial charge on any atom is -0.454 e. The highest BCUT2D eigenvalue weighted by atomic mass is 16.7. The number of fused-ring (bicyclic) bond motifs is 1. The van der Waals surface area contributed by atoms with E-state index in [1.807, 2.05) is 0 Å². The topological polar surface area (TPSA) is 129 Å². The van der Waals surface area contributed by atoms with Crippen LogP contribution in [0.25, 0.3) is 0 Å². The number of nitrogens with zero attached hydrogens (tertiary/aromatic N) is 3. The predicted octanol–water partition coefficient (Wildman–Crippen LogP) is 4.73. The van der Waals surface area contributed by atoms with E-state index < -0.39 is 21.2 Å². The van der Waals surface area contributed by atoms with Crippen LogP contribution in [0.1, 0.15) is 5.56 Å². The first kappa shape index (κ1) is 18.9. The van der Waals surface area contributed by atoms with E-state index in [4.69, 9.17) is 9.47 Å². The highest BCUT2D eigenvalue weighted by molar-refractivity contribution is 5.86. The molecule has 0 radical (unpaired) electrons. The summed E-state index contributed by atoms with van der Waals surface area (Å²) >= 11 is 0. The normalized spacial score (nSPS) is 12.1. The molecule has 3 aromatic carbocycles. The van der Waals surface area contributed by atoms with Gasteiger partial charge in [-0.3, -0.25) is 20.2 Å². The molecule has 0 saturated carbocycles. The van der Waals surface area contributed by atoms with E-state index >= 15 is 0 Å². The van der Waals surface area contributed by atoms with Crippen LogP contribution in [0.2, 0.25) is 0 Å². The Bertz CT molecular complexity index is 1160. The lowest BCUT2D eigenvalue weighted by atomic mass is 10.2. The summed E-state index contributed by atoms with van der Waals surface area (Å²) in [5.41, 5.74) is 0.394. The lowest BCUT2D eigenvalue weighted by Gasteiger charge is -2.08. The van der Waals surface area contributed by atoms with E-state index in [9.17, 15) is 20.2 Å². The molecule has 1 aliphatic heterocycles. The summed E-state index contributed by atoms with van der Waals surface area (Å²) in [6.07, 6.45) is 1.42. The fraction of sp³-hybridized carbons (Fsp3) is 0.0500. The zero-order valence-electron chi connectivity index (χ0n) is 15.3. The third-order valence-corrected chi connectivity index (χ3v) is 4.29. The van der Waals surface area contributed by atoms with Crippen LogP contribution < -0.4 is 14.8 Å². The third kappa shape index (κ3) is 3.87. The van der Waals surface area contributed by atoms with E-state index in [1.165, 1.54) is 12.3 Å². The fourth-order valence-electron chi connectivity index (χ4n) is 2.88. The van der Waals surface area contributed by atoms with Crippen LogP contribution in [-0.4, -0.2) is 22.9 Å². The van der Waals surface area contributed by atoms with E-state index in [2.05, 4.69) is 10.3 Å². The Balaban J connectivity index is 1.74. The van der Waals surface area contributed by atoms with E-state index in [0.717, 1.165) is 6.07 Å². The van der Waals surface area contributed by atoms with Crippen molar-refractivity contribution in [2.24, 2.45) is 4.99 Å². The summed E-state index contributed by atoms with van der Waals surface area (Å²) in [7, 11) is 0. The van der Waals surface area contributed by atoms with Gasteiger partial charge in [0.15, 0.2) is 11.5 Å². The predicted molar refractivity (Wildman–Crippen MR) is 109 cm³/mol. The van der Waals surface area contributed by atoms with Gasteiger partial charge in [-0.25, -0.2) is 4.99 Å². The van der Waals surface area contributed by atoms with Gasteiger partial charge in [0, 0.05) is 18.0 Å². The van der Waals surface area contributed by atoms with Gasteiger partial charge >= 0.3 is 5.69 Å². The maximum absolute atomic E-state index is 11.5. The third-order valence-electron chi connectivity index (χ3n) is 4.29. The maximum Gasteiger partial charge on any atom is 0.301 e. The Hall–Kier alpha value is -4.47. The molecule has 3 aromatic rings. The van der Waals surface area contributed by atoms with Gasteiger partial charge in [0.25, 0.3) is 5.69 Å². The molecule has 1 heterocycles.